The molecule has 1 aromatic heterocycles. The molecule has 0 amide bonds. The van der Waals surface area contributed by atoms with Crippen LogP contribution in [-0.2, 0) is 13.0 Å². The Morgan fingerprint density at radius 3 is 2.73 bits per heavy atom. The summed E-state index contributed by atoms with van der Waals surface area (Å²) in [4.78, 5) is 3.74. The van der Waals surface area contributed by atoms with Crippen LogP contribution in [0.2, 0.25) is 0 Å². The highest BCUT2D eigenvalue weighted by Gasteiger charge is 2.14. The highest BCUT2D eigenvalue weighted by Crippen LogP contribution is 2.21. The summed E-state index contributed by atoms with van der Waals surface area (Å²) in [7, 11) is 0. The Morgan fingerprint density at radius 1 is 1.60 bits per heavy atom. The summed E-state index contributed by atoms with van der Waals surface area (Å²) < 4.78 is 24.8. The van der Waals surface area contributed by atoms with Gasteiger partial charge in [0.2, 0.25) is 0 Å². The van der Waals surface area contributed by atoms with Crippen LogP contribution in [-0.4, -0.2) is 4.98 Å². The molecule has 3 nitrogen and oxygen atoms in total. The average Bonchev–Trinajstić information content (AvgIpc) is 2.20. The van der Waals surface area contributed by atoms with Gasteiger partial charge in [0.05, 0.1) is 12.5 Å². The van der Waals surface area contributed by atoms with Crippen LogP contribution in [0.15, 0.2) is 6.07 Å². The summed E-state index contributed by atoms with van der Waals surface area (Å²) in [5, 5.41) is 8.58. The number of nitriles is 1. The number of pyridine rings is 1. The lowest BCUT2D eigenvalue weighted by Crippen LogP contribution is -2.07. The third-order valence-corrected chi connectivity index (χ3v) is 2.14. The Morgan fingerprint density at radius 2 is 2.27 bits per heavy atom. The lowest BCUT2D eigenvalue weighted by atomic mass is 10.0. The number of hydrogen-bond donors (Lipinski definition) is 1. The molecule has 0 spiro atoms. The summed E-state index contributed by atoms with van der Waals surface area (Å²) >= 11 is 0. The van der Waals surface area contributed by atoms with Gasteiger partial charge in [-0.1, -0.05) is 0 Å². The predicted octanol–water partition coefficient (Wildman–Crippen LogP) is 1.85. The van der Waals surface area contributed by atoms with Crippen molar-refractivity contribution in [1.29, 1.82) is 5.26 Å². The molecule has 1 rings (SSSR count). The largest absolute Gasteiger partial charge is 0.326 e. The third kappa shape index (κ3) is 2.48. The van der Waals surface area contributed by atoms with Crippen molar-refractivity contribution in [1.82, 2.24) is 4.98 Å². The van der Waals surface area contributed by atoms with Gasteiger partial charge in [-0.2, -0.15) is 5.26 Å². The molecule has 0 bridgehead atoms. The molecular weight excluding hydrogens is 200 g/mol. The number of hydrogen-bond acceptors (Lipinski definition) is 3. The van der Waals surface area contributed by atoms with Crippen LogP contribution in [0, 0.1) is 18.3 Å². The van der Waals surface area contributed by atoms with Crippen molar-refractivity contribution in [3.8, 4) is 6.07 Å². The van der Waals surface area contributed by atoms with E-state index in [1.165, 1.54) is 6.07 Å². The molecule has 0 atom stereocenters. The molecule has 0 radical (unpaired) electrons. The molecule has 80 valence electrons. The van der Waals surface area contributed by atoms with E-state index in [1.807, 2.05) is 6.07 Å². The quantitative estimate of drug-likeness (QED) is 0.829. The fraction of sp³-hybridized carbons (Fsp3) is 0.400. The van der Waals surface area contributed by atoms with Crippen LogP contribution in [0.1, 0.15) is 28.9 Å². The molecule has 0 aliphatic rings. The molecule has 0 saturated heterocycles. The molecule has 0 aliphatic carbocycles. The van der Waals surface area contributed by atoms with Crippen molar-refractivity contribution in [3.63, 3.8) is 0 Å². The standard InChI is InChI=1S/C10H11F2N3/c1-6-8(2-3-13)7(5-14)4-9(15-6)10(11)12/h4,10H,2,5,14H2,1H3. The molecule has 15 heavy (non-hydrogen) atoms. The fourth-order valence-corrected chi connectivity index (χ4v) is 1.41. The van der Waals surface area contributed by atoms with Crippen LogP contribution in [0.25, 0.3) is 0 Å². The SMILES string of the molecule is Cc1nc(C(F)F)cc(CN)c1CC#N. The van der Waals surface area contributed by atoms with E-state index in [0.717, 1.165) is 0 Å². The number of aromatic nitrogens is 1. The Labute approximate surface area is 86.5 Å². The predicted molar refractivity (Wildman–Crippen MR) is 51.1 cm³/mol. The molecule has 0 fully saturated rings. The van der Waals surface area contributed by atoms with Crippen LogP contribution in [0.3, 0.4) is 0 Å². The maximum Gasteiger partial charge on any atom is 0.280 e. The van der Waals surface area contributed by atoms with Crippen LogP contribution in [0.5, 0.6) is 0 Å². The normalized spacial score (nSPS) is 10.4. The second-order valence-corrected chi connectivity index (χ2v) is 3.11. The van der Waals surface area contributed by atoms with Crippen molar-refractivity contribution in [2.45, 2.75) is 26.3 Å². The zero-order chi connectivity index (χ0) is 11.4. The van der Waals surface area contributed by atoms with E-state index in [9.17, 15) is 8.78 Å². The van der Waals surface area contributed by atoms with Crippen LogP contribution < -0.4 is 5.73 Å². The topological polar surface area (TPSA) is 62.7 Å². The molecule has 1 aromatic rings. The van der Waals surface area contributed by atoms with Crippen LogP contribution in [0.4, 0.5) is 8.78 Å². The van der Waals surface area contributed by atoms with Gasteiger partial charge in [-0.25, -0.2) is 8.78 Å². The van der Waals surface area contributed by atoms with Gasteiger partial charge >= 0.3 is 0 Å². The molecule has 0 saturated carbocycles. The summed E-state index contributed by atoms with van der Waals surface area (Å²) in [5.41, 5.74) is 6.83. The summed E-state index contributed by atoms with van der Waals surface area (Å²) in [6.07, 6.45) is -2.46. The smallest absolute Gasteiger partial charge is 0.280 e. The first-order chi connectivity index (χ1) is 7.10. The van der Waals surface area contributed by atoms with Gasteiger partial charge in [-0.15, -0.1) is 0 Å². The van der Waals surface area contributed by atoms with E-state index in [2.05, 4.69) is 4.98 Å². The minimum absolute atomic E-state index is 0.139. The van der Waals surface area contributed by atoms with Crippen molar-refractivity contribution in [3.05, 3.63) is 28.6 Å². The van der Waals surface area contributed by atoms with Gasteiger partial charge in [0, 0.05) is 12.2 Å². The van der Waals surface area contributed by atoms with Gasteiger partial charge in [0.15, 0.2) is 0 Å². The van der Waals surface area contributed by atoms with Gasteiger partial charge in [0.25, 0.3) is 6.43 Å². The second kappa shape index (κ2) is 4.80. The lowest BCUT2D eigenvalue weighted by molar-refractivity contribution is 0.145. The summed E-state index contributed by atoms with van der Waals surface area (Å²) in [5.74, 6) is 0. The molecular formula is C10H11F2N3. The molecule has 5 heteroatoms. The zero-order valence-corrected chi connectivity index (χ0v) is 8.30. The van der Waals surface area contributed by atoms with E-state index in [1.54, 1.807) is 6.92 Å². The number of rotatable bonds is 3. The number of aryl methyl sites for hydroxylation is 1. The summed E-state index contributed by atoms with van der Waals surface area (Å²) in [6.45, 7) is 1.75. The third-order valence-electron chi connectivity index (χ3n) is 2.14. The van der Waals surface area contributed by atoms with Gasteiger partial charge in [-0.05, 0) is 24.1 Å². The molecule has 0 unspecified atom stereocenters. The Balaban J connectivity index is 3.25. The van der Waals surface area contributed by atoms with Crippen molar-refractivity contribution >= 4 is 0 Å². The van der Waals surface area contributed by atoms with E-state index in [-0.39, 0.29) is 18.7 Å². The first kappa shape index (κ1) is 11.5. The maximum absolute atomic E-state index is 12.4. The maximum atomic E-state index is 12.4. The number of alkyl halides is 2. The minimum atomic E-state index is -2.61. The summed E-state index contributed by atoms with van der Waals surface area (Å²) in [6, 6.07) is 3.23. The van der Waals surface area contributed by atoms with Gasteiger partial charge in [0.1, 0.15) is 5.69 Å². The fourth-order valence-electron chi connectivity index (χ4n) is 1.41. The number of halogens is 2. The average molecular weight is 211 g/mol. The van der Waals surface area contributed by atoms with E-state index in [0.29, 0.717) is 16.8 Å². The first-order valence-corrected chi connectivity index (χ1v) is 4.44. The first-order valence-electron chi connectivity index (χ1n) is 4.44. The highest BCUT2D eigenvalue weighted by molar-refractivity contribution is 5.34. The van der Waals surface area contributed by atoms with Gasteiger partial charge < -0.3 is 5.73 Å². The Hall–Kier alpha value is -1.54. The Bertz CT molecular complexity index is 396. The lowest BCUT2D eigenvalue weighted by Gasteiger charge is -2.10. The zero-order valence-electron chi connectivity index (χ0n) is 8.30. The van der Waals surface area contributed by atoms with E-state index < -0.39 is 6.43 Å². The second-order valence-electron chi connectivity index (χ2n) is 3.11. The highest BCUT2D eigenvalue weighted by atomic mass is 19.3. The van der Waals surface area contributed by atoms with Crippen molar-refractivity contribution in [2.75, 3.05) is 0 Å². The monoisotopic (exact) mass is 211 g/mol. The number of nitrogens with two attached hydrogens (primary N) is 1. The van der Waals surface area contributed by atoms with Crippen molar-refractivity contribution in [2.24, 2.45) is 5.73 Å². The van der Waals surface area contributed by atoms with Gasteiger partial charge in [-0.3, -0.25) is 4.98 Å². The van der Waals surface area contributed by atoms with E-state index >= 15 is 0 Å². The van der Waals surface area contributed by atoms with Crippen molar-refractivity contribution < 1.29 is 8.78 Å². The Kier molecular flexibility index (Phi) is 3.69. The molecule has 2 N–H and O–H groups in total. The minimum Gasteiger partial charge on any atom is -0.326 e. The molecule has 1 heterocycles. The van der Waals surface area contributed by atoms with E-state index in [4.69, 9.17) is 11.0 Å². The van der Waals surface area contributed by atoms with Crippen LogP contribution >= 0.6 is 0 Å². The molecule has 0 aliphatic heterocycles. The molecule has 0 aromatic carbocycles. The number of nitrogens with zero attached hydrogens (tertiary/aromatic N) is 2.